The smallest absolute Gasteiger partial charge is 0.262 e. The summed E-state index contributed by atoms with van der Waals surface area (Å²) in [6, 6.07) is 10.4. The summed E-state index contributed by atoms with van der Waals surface area (Å²) < 4.78 is 16.2. The van der Waals surface area contributed by atoms with Gasteiger partial charge in [-0.1, -0.05) is 23.7 Å². The SMILES string of the molecule is CNC(=O)[C@H]1CN(CC(=O)Nc2cc(Cl)c(OC)cc2OC)c2ccccc2O1. The Hall–Kier alpha value is -3.13. The number of ether oxygens (including phenoxy) is 3. The number of para-hydroxylation sites is 2. The lowest BCUT2D eigenvalue weighted by atomic mass is 10.1. The van der Waals surface area contributed by atoms with E-state index in [-0.39, 0.29) is 24.9 Å². The van der Waals surface area contributed by atoms with Crippen LogP contribution in [0.3, 0.4) is 0 Å². The van der Waals surface area contributed by atoms with Gasteiger partial charge in [-0.3, -0.25) is 9.59 Å². The molecule has 1 heterocycles. The van der Waals surface area contributed by atoms with Crippen molar-refractivity contribution in [1.82, 2.24) is 5.32 Å². The van der Waals surface area contributed by atoms with Gasteiger partial charge in [-0.05, 0) is 18.2 Å². The van der Waals surface area contributed by atoms with Crippen molar-refractivity contribution in [1.29, 1.82) is 0 Å². The molecule has 2 N–H and O–H groups in total. The lowest BCUT2D eigenvalue weighted by Crippen LogP contribution is -2.50. The van der Waals surface area contributed by atoms with Crippen molar-refractivity contribution in [2.45, 2.75) is 6.10 Å². The number of halogens is 1. The summed E-state index contributed by atoms with van der Waals surface area (Å²) in [4.78, 5) is 26.6. The number of rotatable bonds is 6. The van der Waals surface area contributed by atoms with Crippen LogP contribution in [-0.2, 0) is 9.59 Å². The summed E-state index contributed by atoms with van der Waals surface area (Å²) in [6.45, 7) is 0.255. The summed E-state index contributed by atoms with van der Waals surface area (Å²) >= 11 is 6.17. The molecule has 0 aromatic heterocycles. The van der Waals surface area contributed by atoms with Gasteiger partial charge in [0.2, 0.25) is 5.91 Å². The molecule has 1 aliphatic rings. The predicted molar refractivity (Wildman–Crippen MR) is 110 cm³/mol. The summed E-state index contributed by atoms with van der Waals surface area (Å²) in [5.41, 5.74) is 1.16. The number of benzene rings is 2. The minimum atomic E-state index is -0.715. The Bertz CT molecular complexity index is 921. The number of amides is 2. The summed E-state index contributed by atoms with van der Waals surface area (Å²) in [6.07, 6.45) is -0.715. The van der Waals surface area contributed by atoms with Crippen LogP contribution in [0.25, 0.3) is 0 Å². The first kappa shape index (κ1) is 20.6. The lowest BCUT2D eigenvalue weighted by molar-refractivity contribution is -0.127. The van der Waals surface area contributed by atoms with E-state index in [9.17, 15) is 9.59 Å². The average molecular weight is 420 g/mol. The number of carbonyl (C=O) groups is 2. The zero-order chi connectivity index (χ0) is 21.0. The van der Waals surface area contributed by atoms with Crippen LogP contribution in [0, 0.1) is 0 Å². The summed E-state index contributed by atoms with van der Waals surface area (Å²) in [5.74, 6) is 0.859. The molecule has 0 radical (unpaired) electrons. The molecule has 2 amide bonds. The van der Waals surface area contributed by atoms with Crippen molar-refractivity contribution in [2.75, 3.05) is 44.6 Å². The van der Waals surface area contributed by atoms with E-state index in [4.69, 9.17) is 25.8 Å². The van der Waals surface area contributed by atoms with Crippen LogP contribution < -0.4 is 29.7 Å². The number of methoxy groups -OCH3 is 2. The number of likely N-dealkylation sites (N-methyl/N-ethyl adjacent to an activating group) is 1. The van der Waals surface area contributed by atoms with Crippen LogP contribution in [-0.4, -0.2) is 52.3 Å². The second-order valence-electron chi connectivity index (χ2n) is 6.30. The molecule has 0 aliphatic carbocycles. The fourth-order valence-electron chi connectivity index (χ4n) is 3.08. The van der Waals surface area contributed by atoms with E-state index in [1.165, 1.54) is 14.2 Å². The molecule has 1 atom stereocenters. The van der Waals surface area contributed by atoms with Crippen molar-refractivity contribution in [3.63, 3.8) is 0 Å². The Balaban J connectivity index is 1.80. The number of hydrogen-bond acceptors (Lipinski definition) is 6. The second-order valence-corrected chi connectivity index (χ2v) is 6.71. The predicted octanol–water partition coefficient (Wildman–Crippen LogP) is 2.31. The van der Waals surface area contributed by atoms with Crippen LogP contribution in [0.1, 0.15) is 0 Å². The molecule has 1 aliphatic heterocycles. The molecule has 154 valence electrons. The highest BCUT2D eigenvalue weighted by Gasteiger charge is 2.31. The molecule has 2 aromatic carbocycles. The highest BCUT2D eigenvalue weighted by molar-refractivity contribution is 6.32. The molecule has 8 nitrogen and oxygen atoms in total. The molecular formula is C20H22ClN3O5. The first-order valence-corrected chi connectivity index (χ1v) is 9.28. The number of fused-ring (bicyclic) bond motifs is 1. The van der Waals surface area contributed by atoms with Gasteiger partial charge in [0, 0.05) is 13.1 Å². The molecule has 0 saturated heterocycles. The molecule has 0 bridgehead atoms. The minimum absolute atomic E-state index is 0.0146. The van der Waals surface area contributed by atoms with E-state index in [0.29, 0.717) is 28.0 Å². The Morgan fingerprint density at radius 1 is 1.21 bits per heavy atom. The zero-order valence-corrected chi connectivity index (χ0v) is 17.1. The van der Waals surface area contributed by atoms with Gasteiger partial charge in [0.05, 0.1) is 43.7 Å². The minimum Gasteiger partial charge on any atom is -0.495 e. The zero-order valence-electron chi connectivity index (χ0n) is 16.3. The van der Waals surface area contributed by atoms with Gasteiger partial charge in [-0.15, -0.1) is 0 Å². The molecule has 3 rings (SSSR count). The van der Waals surface area contributed by atoms with Gasteiger partial charge in [0.25, 0.3) is 5.91 Å². The maximum absolute atomic E-state index is 12.7. The van der Waals surface area contributed by atoms with Gasteiger partial charge < -0.3 is 29.7 Å². The fourth-order valence-corrected chi connectivity index (χ4v) is 3.32. The number of anilines is 2. The van der Waals surface area contributed by atoms with Gasteiger partial charge in [0.1, 0.15) is 17.2 Å². The third-order valence-electron chi connectivity index (χ3n) is 4.48. The Morgan fingerprint density at radius 2 is 1.93 bits per heavy atom. The first-order chi connectivity index (χ1) is 14.0. The fraction of sp³-hybridized carbons (Fsp3) is 0.300. The number of nitrogens with zero attached hydrogens (tertiary/aromatic N) is 1. The van der Waals surface area contributed by atoms with Gasteiger partial charge in [-0.2, -0.15) is 0 Å². The molecule has 0 spiro atoms. The van der Waals surface area contributed by atoms with Crippen molar-refractivity contribution < 1.29 is 23.8 Å². The van der Waals surface area contributed by atoms with Gasteiger partial charge in [-0.25, -0.2) is 0 Å². The highest BCUT2D eigenvalue weighted by atomic mass is 35.5. The number of nitrogens with one attached hydrogen (secondary N) is 2. The Morgan fingerprint density at radius 3 is 2.62 bits per heavy atom. The quantitative estimate of drug-likeness (QED) is 0.747. The molecule has 0 unspecified atom stereocenters. The molecular weight excluding hydrogens is 398 g/mol. The summed E-state index contributed by atoms with van der Waals surface area (Å²) in [5, 5.41) is 5.73. The first-order valence-electron chi connectivity index (χ1n) is 8.90. The molecule has 2 aromatic rings. The van der Waals surface area contributed by atoms with Gasteiger partial charge >= 0.3 is 0 Å². The third kappa shape index (κ3) is 4.48. The molecule has 9 heteroatoms. The van der Waals surface area contributed by atoms with E-state index < -0.39 is 6.10 Å². The monoisotopic (exact) mass is 419 g/mol. The van der Waals surface area contributed by atoms with Crippen LogP contribution in [0.2, 0.25) is 5.02 Å². The van der Waals surface area contributed by atoms with E-state index >= 15 is 0 Å². The standard InChI is InChI=1S/C20H22ClN3O5/c1-22-20(26)18-10-24(14-6-4-5-7-15(14)29-18)11-19(25)23-13-8-12(21)16(27-2)9-17(13)28-3/h4-9,18H,10-11H2,1-3H3,(H,22,26)(H,23,25)/t18-/m1/s1. The van der Waals surface area contributed by atoms with E-state index in [1.54, 1.807) is 30.1 Å². The van der Waals surface area contributed by atoms with E-state index in [1.807, 2.05) is 18.2 Å². The molecule has 0 saturated carbocycles. The largest absolute Gasteiger partial charge is 0.495 e. The number of hydrogen-bond donors (Lipinski definition) is 2. The molecule has 29 heavy (non-hydrogen) atoms. The Labute approximate surface area is 173 Å². The van der Waals surface area contributed by atoms with Crippen LogP contribution in [0.5, 0.6) is 17.2 Å². The van der Waals surface area contributed by atoms with Crippen molar-refractivity contribution >= 4 is 34.8 Å². The highest BCUT2D eigenvalue weighted by Crippen LogP contribution is 2.36. The maximum atomic E-state index is 12.7. The maximum Gasteiger partial charge on any atom is 0.262 e. The van der Waals surface area contributed by atoms with Crippen molar-refractivity contribution in [3.05, 3.63) is 41.4 Å². The summed E-state index contributed by atoms with van der Waals surface area (Å²) in [7, 11) is 4.53. The van der Waals surface area contributed by atoms with Crippen LogP contribution in [0.4, 0.5) is 11.4 Å². The van der Waals surface area contributed by atoms with Crippen LogP contribution >= 0.6 is 11.6 Å². The van der Waals surface area contributed by atoms with Gasteiger partial charge in [0.15, 0.2) is 6.10 Å². The second kappa shape index (κ2) is 8.91. The van der Waals surface area contributed by atoms with E-state index in [0.717, 1.165) is 5.69 Å². The normalized spacial score (nSPS) is 15.0. The Kier molecular flexibility index (Phi) is 6.33. The number of carbonyl (C=O) groups excluding carboxylic acids is 2. The average Bonchev–Trinajstić information content (AvgIpc) is 2.73. The van der Waals surface area contributed by atoms with Crippen LogP contribution in [0.15, 0.2) is 36.4 Å². The van der Waals surface area contributed by atoms with Crippen molar-refractivity contribution in [3.8, 4) is 17.2 Å². The molecule has 0 fully saturated rings. The third-order valence-corrected chi connectivity index (χ3v) is 4.78. The van der Waals surface area contributed by atoms with Crippen molar-refractivity contribution in [2.24, 2.45) is 0 Å². The lowest BCUT2D eigenvalue weighted by Gasteiger charge is -2.35. The topological polar surface area (TPSA) is 89.1 Å². The van der Waals surface area contributed by atoms with E-state index in [2.05, 4.69) is 10.6 Å².